The van der Waals surface area contributed by atoms with Gasteiger partial charge < -0.3 is 18.9 Å². The number of hydrogen-bond acceptors (Lipinski definition) is 5. The minimum absolute atomic E-state index is 0.0230. The molecule has 0 fully saturated rings. The molecule has 0 saturated heterocycles. The van der Waals surface area contributed by atoms with Crippen LogP contribution >= 0.6 is 0 Å². The van der Waals surface area contributed by atoms with Crippen molar-refractivity contribution in [3.63, 3.8) is 0 Å². The van der Waals surface area contributed by atoms with E-state index in [1.807, 2.05) is 30.3 Å². The van der Waals surface area contributed by atoms with Gasteiger partial charge in [0.05, 0.1) is 0 Å². The molecule has 0 atom stereocenters. The first-order chi connectivity index (χ1) is 11.3. The summed E-state index contributed by atoms with van der Waals surface area (Å²) in [7, 11) is 0. The van der Waals surface area contributed by atoms with E-state index in [1.165, 1.54) is 0 Å². The fourth-order valence-corrected chi connectivity index (χ4v) is 3.17. The van der Waals surface area contributed by atoms with E-state index in [2.05, 4.69) is 0 Å². The molecule has 0 spiro atoms. The number of Topliss-reactive ketones (excluding diaryl/α,β-unsaturated/α-hetero) is 1. The highest BCUT2D eigenvalue weighted by atomic mass is 16.7. The molecule has 2 aliphatic heterocycles. The van der Waals surface area contributed by atoms with Gasteiger partial charge in [-0.15, -0.1) is 0 Å². The number of fused-ring (bicyclic) bond motifs is 3. The SMILES string of the molecule is O=C1/C(=C/c2cccc3c2OCO3)Cc2cc3c(cc21)OCO3. The third-order valence-corrected chi connectivity index (χ3v) is 4.27. The van der Waals surface area contributed by atoms with E-state index in [-0.39, 0.29) is 19.4 Å². The van der Waals surface area contributed by atoms with Crippen LogP contribution in [-0.4, -0.2) is 19.4 Å². The Labute approximate surface area is 132 Å². The predicted octanol–water partition coefficient (Wildman–Crippen LogP) is 2.97. The van der Waals surface area contributed by atoms with Gasteiger partial charge in [-0.1, -0.05) is 12.1 Å². The third-order valence-electron chi connectivity index (χ3n) is 4.27. The summed E-state index contributed by atoms with van der Waals surface area (Å²) < 4.78 is 21.6. The molecule has 2 heterocycles. The van der Waals surface area contributed by atoms with Gasteiger partial charge in [0.1, 0.15) is 0 Å². The second-order valence-corrected chi connectivity index (χ2v) is 5.62. The number of rotatable bonds is 1. The van der Waals surface area contributed by atoms with Gasteiger partial charge in [0.2, 0.25) is 13.6 Å². The standard InChI is InChI=1S/C18H12O5/c19-17-12(4-10-2-1-3-14-18(10)23-9-20-14)5-11-6-15-16(7-13(11)17)22-8-21-15/h1-4,6-7H,5,8-9H2/b12-4+. The summed E-state index contributed by atoms with van der Waals surface area (Å²) >= 11 is 0. The lowest BCUT2D eigenvalue weighted by Crippen LogP contribution is -1.97. The van der Waals surface area contributed by atoms with E-state index in [4.69, 9.17) is 18.9 Å². The highest BCUT2D eigenvalue weighted by Crippen LogP contribution is 2.41. The maximum Gasteiger partial charge on any atom is 0.231 e. The summed E-state index contributed by atoms with van der Waals surface area (Å²) in [5.74, 6) is 2.77. The lowest BCUT2D eigenvalue weighted by Gasteiger charge is -2.02. The van der Waals surface area contributed by atoms with Gasteiger partial charge in [0, 0.05) is 23.1 Å². The Hall–Kier alpha value is -2.95. The number of benzene rings is 2. The molecule has 114 valence electrons. The molecule has 2 aromatic carbocycles. The average Bonchev–Trinajstić information content (AvgIpc) is 3.26. The Kier molecular flexibility index (Phi) is 2.47. The largest absolute Gasteiger partial charge is 0.454 e. The summed E-state index contributed by atoms with van der Waals surface area (Å²) in [6, 6.07) is 9.34. The molecule has 23 heavy (non-hydrogen) atoms. The molecular weight excluding hydrogens is 296 g/mol. The van der Waals surface area contributed by atoms with Crippen molar-refractivity contribution >= 4 is 11.9 Å². The minimum atomic E-state index is 0.0230. The molecule has 0 amide bonds. The van der Waals surface area contributed by atoms with E-state index in [0.29, 0.717) is 35.0 Å². The zero-order valence-corrected chi connectivity index (χ0v) is 12.1. The first kappa shape index (κ1) is 12.6. The molecule has 0 unspecified atom stereocenters. The monoisotopic (exact) mass is 308 g/mol. The van der Waals surface area contributed by atoms with E-state index < -0.39 is 0 Å². The molecule has 0 radical (unpaired) electrons. The van der Waals surface area contributed by atoms with Gasteiger partial charge in [0.25, 0.3) is 0 Å². The van der Waals surface area contributed by atoms with Gasteiger partial charge in [0.15, 0.2) is 28.8 Å². The molecule has 5 heteroatoms. The molecule has 5 rings (SSSR count). The highest BCUT2D eigenvalue weighted by Gasteiger charge is 2.29. The van der Waals surface area contributed by atoms with Crippen LogP contribution in [0.3, 0.4) is 0 Å². The number of hydrogen-bond donors (Lipinski definition) is 0. The molecular formula is C18H12O5. The third kappa shape index (κ3) is 1.83. The van der Waals surface area contributed by atoms with Gasteiger partial charge in [-0.2, -0.15) is 0 Å². The Bertz CT molecular complexity index is 881. The predicted molar refractivity (Wildman–Crippen MR) is 81.1 cm³/mol. The molecule has 5 nitrogen and oxygen atoms in total. The Morgan fingerprint density at radius 2 is 1.70 bits per heavy atom. The lowest BCUT2D eigenvalue weighted by atomic mass is 10.1. The van der Waals surface area contributed by atoms with Crippen molar-refractivity contribution in [2.45, 2.75) is 6.42 Å². The Morgan fingerprint density at radius 1 is 0.913 bits per heavy atom. The molecule has 2 aromatic rings. The molecule has 0 saturated carbocycles. The molecule has 1 aliphatic carbocycles. The molecule has 3 aliphatic rings. The van der Waals surface area contributed by atoms with Crippen molar-refractivity contribution < 1.29 is 23.7 Å². The first-order valence-electron chi connectivity index (χ1n) is 7.36. The van der Waals surface area contributed by atoms with Crippen LogP contribution in [0.15, 0.2) is 35.9 Å². The zero-order valence-electron chi connectivity index (χ0n) is 12.1. The van der Waals surface area contributed by atoms with Crippen LogP contribution in [0.2, 0.25) is 0 Å². The van der Waals surface area contributed by atoms with Crippen LogP contribution in [0.5, 0.6) is 23.0 Å². The van der Waals surface area contributed by atoms with Crippen LogP contribution in [0.1, 0.15) is 21.5 Å². The van der Waals surface area contributed by atoms with Crippen molar-refractivity contribution in [3.05, 3.63) is 52.6 Å². The molecule has 0 N–H and O–H groups in total. The van der Waals surface area contributed by atoms with Crippen molar-refractivity contribution in [1.29, 1.82) is 0 Å². The van der Waals surface area contributed by atoms with Gasteiger partial charge in [-0.05, 0) is 29.8 Å². The number of ketones is 1. The second-order valence-electron chi connectivity index (χ2n) is 5.62. The number of carbonyl (C=O) groups excluding carboxylic acids is 1. The average molecular weight is 308 g/mol. The number of carbonyl (C=O) groups is 1. The summed E-state index contributed by atoms with van der Waals surface area (Å²) in [6.45, 7) is 0.424. The second kappa shape index (κ2) is 4.52. The molecule has 0 bridgehead atoms. The fraction of sp³-hybridized carbons (Fsp3) is 0.167. The summed E-state index contributed by atoms with van der Waals surface area (Å²) in [6.07, 6.45) is 2.46. The lowest BCUT2D eigenvalue weighted by molar-refractivity contribution is 0.104. The van der Waals surface area contributed by atoms with Crippen LogP contribution < -0.4 is 18.9 Å². The Balaban J connectivity index is 1.56. The highest BCUT2D eigenvalue weighted by molar-refractivity contribution is 6.16. The van der Waals surface area contributed by atoms with Crippen molar-refractivity contribution in [3.8, 4) is 23.0 Å². The fourth-order valence-electron chi connectivity index (χ4n) is 3.17. The van der Waals surface area contributed by atoms with Crippen LogP contribution in [0, 0.1) is 0 Å². The van der Waals surface area contributed by atoms with Crippen molar-refractivity contribution in [2.24, 2.45) is 0 Å². The van der Waals surface area contributed by atoms with Gasteiger partial charge in [-0.25, -0.2) is 0 Å². The topological polar surface area (TPSA) is 54.0 Å². The number of para-hydroxylation sites is 1. The summed E-state index contributed by atoms with van der Waals surface area (Å²) in [5, 5.41) is 0. The maximum absolute atomic E-state index is 12.7. The number of allylic oxidation sites excluding steroid dienone is 1. The Morgan fingerprint density at radius 3 is 2.61 bits per heavy atom. The van der Waals surface area contributed by atoms with Gasteiger partial charge >= 0.3 is 0 Å². The van der Waals surface area contributed by atoms with E-state index in [0.717, 1.165) is 16.7 Å². The normalized spacial score (nSPS) is 18.6. The maximum atomic E-state index is 12.7. The summed E-state index contributed by atoms with van der Waals surface area (Å²) in [4.78, 5) is 12.7. The quantitative estimate of drug-likeness (QED) is 0.758. The van der Waals surface area contributed by atoms with Crippen LogP contribution in [0.4, 0.5) is 0 Å². The minimum Gasteiger partial charge on any atom is -0.454 e. The zero-order chi connectivity index (χ0) is 15.4. The van der Waals surface area contributed by atoms with E-state index in [1.54, 1.807) is 6.07 Å². The van der Waals surface area contributed by atoms with E-state index in [9.17, 15) is 4.79 Å². The molecule has 0 aromatic heterocycles. The first-order valence-corrected chi connectivity index (χ1v) is 7.36. The number of ether oxygens (including phenoxy) is 4. The van der Waals surface area contributed by atoms with Crippen molar-refractivity contribution in [2.75, 3.05) is 13.6 Å². The van der Waals surface area contributed by atoms with Crippen LogP contribution in [0.25, 0.3) is 6.08 Å². The summed E-state index contributed by atoms with van der Waals surface area (Å²) in [5.41, 5.74) is 3.24. The smallest absolute Gasteiger partial charge is 0.231 e. The van der Waals surface area contributed by atoms with E-state index >= 15 is 0 Å². The van der Waals surface area contributed by atoms with Gasteiger partial charge in [-0.3, -0.25) is 4.79 Å². The van der Waals surface area contributed by atoms with Crippen LogP contribution in [-0.2, 0) is 6.42 Å². The van der Waals surface area contributed by atoms with Crippen molar-refractivity contribution in [1.82, 2.24) is 0 Å².